The second-order valence-corrected chi connectivity index (χ2v) is 6.29. The second kappa shape index (κ2) is 4.39. The van der Waals surface area contributed by atoms with Gasteiger partial charge in [-0.2, -0.15) is 0 Å². The molecule has 0 fully saturated rings. The fourth-order valence-corrected chi connectivity index (χ4v) is 2.20. The highest BCUT2D eigenvalue weighted by Gasteiger charge is 2.28. The number of hydrogen-bond acceptors (Lipinski definition) is 2. The number of rotatable bonds is 2. The fraction of sp³-hybridized carbons (Fsp3) is 0.533. The van der Waals surface area contributed by atoms with Gasteiger partial charge in [-0.3, -0.25) is 0 Å². The quantitative estimate of drug-likeness (QED) is 0.882. The van der Waals surface area contributed by atoms with Crippen molar-refractivity contribution in [2.24, 2.45) is 11.7 Å². The molecule has 2 heterocycles. The number of imidazole rings is 1. The number of aromatic nitrogens is 2. The number of nitrogens with two attached hydrogens (primary N) is 1. The highest BCUT2D eigenvalue weighted by atomic mass is 15.0. The smallest absolute Gasteiger partial charge is 0.137 e. The van der Waals surface area contributed by atoms with Crippen molar-refractivity contribution in [2.45, 2.75) is 46.1 Å². The van der Waals surface area contributed by atoms with E-state index in [1.807, 2.05) is 18.2 Å². The van der Waals surface area contributed by atoms with Crippen molar-refractivity contribution < 1.29 is 0 Å². The van der Waals surface area contributed by atoms with Crippen molar-refractivity contribution in [1.29, 1.82) is 0 Å². The third-order valence-corrected chi connectivity index (χ3v) is 3.31. The minimum absolute atomic E-state index is 0.00780. The first-order valence-corrected chi connectivity index (χ1v) is 6.55. The van der Waals surface area contributed by atoms with Gasteiger partial charge in [0.2, 0.25) is 0 Å². The Morgan fingerprint density at radius 2 is 1.89 bits per heavy atom. The third-order valence-electron chi connectivity index (χ3n) is 3.31. The Hall–Kier alpha value is -1.35. The van der Waals surface area contributed by atoms with E-state index in [1.165, 1.54) is 0 Å². The zero-order valence-electron chi connectivity index (χ0n) is 11.9. The first-order chi connectivity index (χ1) is 8.32. The van der Waals surface area contributed by atoms with Crippen molar-refractivity contribution >= 4 is 5.65 Å². The van der Waals surface area contributed by atoms with Gasteiger partial charge in [-0.05, 0) is 18.1 Å². The van der Waals surface area contributed by atoms with E-state index in [4.69, 9.17) is 10.7 Å². The van der Waals surface area contributed by atoms with Crippen molar-refractivity contribution in [3.8, 4) is 0 Å². The van der Waals surface area contributed by atoms with Crippen LogP contribution in [0.1, 0.15) is 52.0 Å². The van der Waals surface area contributed by atoms with Gasteiger partial charge in [0.05, 0.1) is 11.4 Å². The van der Waals surface area contributed by atoms with Gasteiger partial charge in [-0.15, -0.1) is 0 Å². The topological polar surface area (TPSA) is 43.3 Å². The van der Waals surface area contributed by atoms with Crippen LogP contribution in [0.3, 0.4) is 0 Å². The molecule has 0 bridgehead atoms. The summed E-state index contributed by atoms with van der Waals surface area (Å²) in [6.45, 7) is 10.9. The van der Waals surface area contributed by atoms with E-state index < -0.39 is 0 Å². The average molecular weight is 245 g/mol. The van der Waals surface area contributed by atoms with Crippen LogP contribution in [0.25, 0.3) is 5.65 Å². The molecule has 2 aromatic rings. The summed E-state index contributed by atoms with van der Waals surface area (Å²) < 4.78 is 2.13. The highest BCUT2D eigenvalue weighted by molar-refractivity contribution is 5.45. The molecule has 2 rings (SSSR count). The Bertz CT molecular complexity index is 546. The van der Waals surface area contributed by atoms with Crippen LogP contribution in [0.5, 0.6) is 0 Å². The van der Waals surface area contributed by atoms with Gasteiger partial charge < -0.3 is 10.1 Å². The predicted molar refractivity (Wildman–Crippen MR) is 75.7 cm³/mol. The zero-order chi connectivity index (χ0) is 13.5. The van der Waals surface area contributed by atoms with Crippen LogP contribution in [0, 0.1) is 5.92 Å². The molecule has 98 valence electrons. The molecule has 0 aliphatic rings. The fourth-order valence-electron chi connectivity index (χ4n) is 2.20. The Morgan fingerprint density at radius 1 is 1.22 bits per heavy atom. The molecule has 0 spiro atoms. The molecule has 1 atom stereocenters. The Labute approximate surface area is 109 Å². The summed E-state index contributed by atoms with van der Waals surface area (Å²) >= 11 is 0. The van der Waals surface area contributed by atoms with Crippen LogP contribution < -0.4 is 5.73 Å². The average Bonchev–Trinajstić information content (AvgIpc) is 2.66. The molecule has 0 saturated carbocycles. The SMILES string of the molecule is CC(C)C(N)c1c(C(C)(C)C)nc2ccccn12. The Kier molecular flexibility index (Phi) is 3.20. The predicted octanol–water partition coefficient (Wildman–Crippen LogP) is 3.29. The van der Waals surface area contributed by atoms with E-state index in [0.717, 1.165) is 17.0 Å². The van der Waals surface area contributed by atoms with Crippen LogP contribution in [0.2, 0.25) is 0 Å². The maximum atomic E-state index is 6.38. The second-order valence-electron chi connectivity index (χ2n) is 6.29. The largest absolute Gasteiger partial charge is 0.322 e. The van der Waals surface area contributed by atoms with E-state index in [0.29, 0.717) is 5.92 Å². The molecule has 3 heteroatoms. The van der Waals surface area contributed by atoms with Gasteiger partial charge in [0.25, 0.3) is 0 Å². The number of pyridine rings is 1. The molecular formula is C15H23N3. The molecule has 0 aliphatic carbocycles. The van der Waals surface area contributed by atoms with E-state index in [1.54, 1.807) is 0 Å². The first-order valence-electron chi connectivity index (χ1n) is 6.55. The van der Waals surface area contributed by atoms with E-state index in [-0.39, 0.29) is 11.5 Å². The lowest BCUT2D eigenvalue weighted by Gasteiger charge is -2.23. The van der Waals surface area contributed by atoms with Crippen molar-refractivity contribution in [3.63, 3.8) is 0 Å². The Morgan fingerprint density at radius 3 is 2.44 bits per heavy atom. The van der Waals surface area contributed by atoms with Gasteiger partial charge in [0, 0.05) is 17.7 Å². The van der Waals surface area contributed by atoms with Gasteiger partial charge in [-0.25, -0.2) is 4.98 Å². The molecule has 0 amide bonds. The molecule has 0 saturated heterocycles. The van der Waals surface area contributed by atoms with Crippen LogP contribution in [-0.4, -0.2) is 9.38 Å². The molecule has 0 radical (unpaired) electrons. The molecule has 0 aromatic carbocycles. The monoisotopic (exact) mass is 245 g/mol. The zero-order valence-corrected chi connectivity index (χ0v) is 11.9. The summed E-state index contributed by atoms with van der Waals surface area (Å²) in [7, 11) is 0. The van der Waals surface area contributed by atoms with Crippen molar-refractivity contribution in [2.75, 3.05) is 0 Å². The lowest BCUT2D eigenvalue weighted by atomic mass is 9.87. The summed E-state index contributed by atoms with van der Waals surface area (Å²) in [6.07, 6.45) is 2.05. The van der Waals surface area contributed by atoms with Gasteiger partial charge >= 0.3 is 0 Å². The lowest BCUT2D eigenvalue weighted by molar-refractivity contribution is 0.476. The van der Waals surface area contributed by atoms with Crippen LogP contribution >= 0.6 is 0 Å². The lowest BCUT2D eigenvalue weighted by Crippen LogP contribution is -2.24. The maximum absolute atomic E-state index is 6.38. The van der Waals surface area contributed by atoms with Gasteiger partial charge in [0.1, 0.15) is 5.65 Å². The van der Waals surface area contributed by atoms with Crippen molar-refractivity contribution in [1.82, 2.24) is 9.38 Å². The number of nitrogens with zero attached hydrogens (tertiary/aromatic N) is 2. The standard InChI is InChI=1S/C15H23N3/c1-10(2)12(16)13-14(15(3,4)5)17-11-8-6-7-9-18(11)13/h6-10,12H,16H2,1-5H3. The van der Waals surface area contributed by atoms with Gasteiger partial charge in [0.15, 0.2) is 0 Å². The highest BCUT2D eigenvalue weighted by Crippen LogP contribution is 2.31. The minimum Gasteiger partial charge on any atom is -0.322 e. The van der Waals surface area contributed by atoms with E-state index in [9.17, 15) is 0 Å². The molecule has 18 heavy (non-hydrogen) atoms. The maximum Gasteiger partial charge on any atom is 0.137 e. The molecule has 0 aliphatic heterocycles. The van der Waals surface area contributed by atoms with Crippen LogP contribution in [0.15, 0.2) is 24.4 Å². The normalized spacial score (nSPS) is 14.4. The number of fused-ring (bicyclic) bond motifs is 1. The molecule has 3 nitrogen and oxygen atoms in total. The van der Waals surface area contributed by atoms with Gasteiger partial charge in [-0.1, -0.05) is 40.7 Å². The van der Waals surface area contributed by atoms with Crippen molar-refractivity contribution in [3.05, 3.63) is 35.8 Å². The minimum atomic E-state index is 0.00780. The molecular weight excluding hydrogens is 222 g/mol. The molecule has 1 unspecified atom stereocenters. The van der Waals surface area contributed by atoms with Crippen LogP contribution in [0.4, 0.5) is 0 Å². The summed E-state index contributed by atoms with van der Waals surface area (Å²) in [5, 5.41) is 0. The summed E-state index contributed by atoms with van der Waals surface area (Å²) in [4.78, 5) is 4.77. The van der Waals surface area contributed by atoms with E-state index >= 15 is 0 Å². The first kappa shape index (κ1) is 13.1. The van der Waals surface area contributed by atoms with E-state index in [2.05, 4.69) is 45.2 Å². The summed E-state index contributed by atoms with van der Waals surface area (Å²) in [6, 6.07) is 6.08. The molecule has 2 N–H and O–H groups in total. The summed E-state index contributed by atoms with van der Waals surface area (Å²) in [5.74, 6) is 0.395. The Balaban J connectivity index is 2.73. The molecule has 2 aromatic heterocycles. The third kappa shape index (κ3) is 2.15. The van der Waals surface area contributed by atoms with Crippen LogP contribution in [-0.2, 0) is 5.41 Å². The summed E-state index contributed by atoms with van der Waals surface area (Å²) in [5.41, 5.74) is 9.63. The number of hydrogen-bond donors (Lipinski definition) is 1.